The maximum absolute atomic E-state index is 8.61. The third kappa shape index (κ3) is 4.06. The van der Waals surface area contributed by atoms with Crippen LogP contribution in [0.3, 0.4) is 0 Å². The number of hydrogen-bond acceptors (Lipinski definition) is 4. The van der Waals surface area contributed by atoms with E-state index in [-0.39, 0.29) is 6.04 Å². The summed E-state index contributed by atoms with van der Waals surface area (Å²) in [7, 11) is 0. The van der Waals surface area contributed by atoms with Gasteiger partial charge in [-0.1, -0.05) is 29.8 Å². The summed E-state index contributed by atoms with van der Waals surface area (Å²) in [5, 5.41) is 8.61. The van der Waals surface area contributed by atoms with Crippen LogP contribution in [0.4, 0.5) is 5.82 Å². The van der Waals surface area contributed by atoms with Gasteiger partial charge in [0.15, 0.2) is 0 Å². The molecule has 0 bridgehead atoms. The minimum Gasteiger partial charge on any atom is -0.384 e. The molecule has 4 rings (SSSR count). The number of pyridine rings is 1. The molecule has 3 aromatic rings. The molecule has 0 amide bonds. The Morgan fingerprint density at radius 1 is 1.28 bits per heavy atom. The molecule has 148 valence electrons. The predicted octanol–water partition coefficient (Wildman–Crippen LogP) is 4.50. The third-order valence-electron chi connectivity index (χ3n) is 5.40. The first-order valence-corrected chi connectivity index (χ1v) is 9.89. The van der Waals surface area contributed by atoms with Crippen molar-refractivity contribution >= 4 is 17.7 Å². The number of nitrogens with zero attached hydrogens (tertiary/aromatic N) is 3. The molecule has 0 spiro atoms. The van der Waals surface area contributed by atoms with Crippen molar-refractivity contribution in [3.63, 3.8) is 0 Å². The first-order valence-electron chi connectivity index (χ1n) is 9.89. The second-order valence-electron chi connectivity index (χ2n) is 7.56. The van der Waals surface area contributed by atoms with Gasteiger partial charge < -0.3 is 15.6 Å². The van der Waals surface area contributed by atoms with E-state index in [1.165, 1.54) is 16.7 Å². The zero-order chi connectivity index (χ0) is 20.4. The second-order valence-corrected chi connectivity index (χ2v) is 7.56. The first kappa shape index (κ1) is 18.9. The van der Waals surface area contributed by atoms with Crippen molar-refractivity contribution in [1.29, 1.82) is 5.41 Å². The fourth-order valence-electron chi connectivity index (χ4n) is 3.90. The van der Waals surface area contributed by atoms with Crippen LogP contribution >= 0.6 is 0 Å². The standard InChI is InChI=1S/C23H26N6/c1-15-8-9-16(2)17(13-15)20-6-4-12-29(20)22(25)10-11-23-26-14-19(28-23)18-5-3-7-21(24)27-18/h3,5,7-11,13-14,20,25H,4,6,12H2,1-2H3,(H2,24,27)(H,26,28)/b11-10-,25-22?. The average molecular weight is 387 g/mol. The zero-order valence-electron chi connectivity index (χ0n) is 16.8. The van der Waals surface area contributed by atoms with Crippen LogP contribution in [-0.2, 0) is 0 Å². The zero-order valence-corrected chi connectivity index (χ0v) is 16.8. The van der Waals surface area contributed by atoms with E-state index in [9.17, 15) is 0 Å². The van der Waals surface area contributed by atoms with Crippen molar-refractivity contribution in [1.82, 2.24) is 19.9 Å². The fourth-order valence-corrected chi connectivity index (χ4v) is 3.90. The lowest BCUT2D eigenvalue weighted by Crippen LogP contribution is -2.28. The molecule has 1 saturated heterocycles. The van der Waals surface area contributed by atoms with Crippen LogP contribution < -0.4 is 5.73 Å². The summed E-state index contributed by atoms with van der Waals surface area (Å²) in [6, 6.07) is 12.3. The van der Waals surface area contributed by atoms with Gasteiger partial charge in [-0.2, -0.15) is 0 Å². The van der Waals surface area contributed by atoms with Crippen LogP contribution in [0.2, 0.25) is 0 Å². The number of imidazole rings is 1. The van der Waals surface area contributed by atoms with Gasteiger partial charge in [-0.15, -0.1) is 0 Å². The summed E-state index contributed by atoms with van der Waals surface area (Å²) in [4.78, 5) is 14.1. The van der Waals surface area contributed by atoms with Crippen molar-refractivity contribution < 1.29 is 0 Å². The number of anilines is 1. The van der Waals surface area contributed by atoms with Gasteiger partial charge >= 0.3 is 0 Å². The van der Waals surface area contributed by atoms with Crippen LogP contribution in [0, 0.1) is 19.3 Å². The molecule has 3 heterocycles. The first-order chi connectivity index (χ1) is 14.0. The minimum absolute atomic E-state index is 0.260. The summed E-state index contributed by atoms with van der Waals surface area (Å²) < 4.78 is 0. The van der Waals surface area contributed by atoms with Gasteiger partial charge in [0.05, 0.1) is 23.6 Å². The van der Waals surface area contributed by atoms with E-state index in [1.807, 2.05) is 24.3 Å². The number of H-pyrrole nitrogens is 1. The Morgan fingerprint density at radius 3 is 2.97 bits per heavy atom. The Hall–Kier alpha value is -3.41. The van der Waals surface area contributed by atoms with Crippen LogP contribution in [0.15, 0.2) is 48.7 Å². The Balaban J connectivity index is 1.50. The molecular formula is C23H26N6. The summed E-state index contributed by atoms with van der Waals surface area (Å²) in [5.74, 6) is 1.67. The van der Waals surface area contributed by atoms with E-state index < -0.39 is 0 Å². The fraction of sp³-hybridized carbons (Fsp3) is 0.261. The maximum atomic E-state index is 8.61. The van der Waals surface area contributed by atoms with Crippen molar-refractivity contribution in [3.05, 3.63) is 71.2 Å². The Labute approximate surface area is 171 Å². The molecular weight excluding hydrogens is 360 g/mol. The number of nitrogens with one attached hydrogen (secondary N) is 2. The smallest absolute Gasteiger partial charge is 0.130 e. The number of hydrogen-bond donors (Lipinski definition) is 3. The van der Waals surface area contributed by atoms with Crippen molar-refractivity contribution in [3.8, 4) is 11.4 Å². The van der Waals surface area contributed by atoms with E-state index in [4.69, 9.17) is 11.1 Å². The van der Waals surface area contributed by atoms with Gasteiger partial charge in [-0.25, -0.2) is 9.97 Å². The lowest BCUT2D eigenvalue weighted by atomic mass is 9.97. The molecule has 1 unspecified atom stereocenters. The van der Waals surface area contributed by atoms with Gasteiger partial charge in [0, 0.05) is 6.54 Å². The largest absolute Gasteiger partial charge is 0.384 e. The number of nitrogens with two attached hydrogens (primary N) is 1. The Bertz CT molecular complexity index is 1060. The number of rotatable bonds is 4. The van der Waals surface area contributed by atoms with Crippen molar-refractivity contribution in [2.24, 2.45) is 0 Å². The maximum Gasteiger partial charge on any atom is 0.130 e. The van der Waals surface area contributed by atoms with Crippen LogP contribution in [0.5, 0.6) is 0 Å². The Kier molecular flexibility index (Phi) is 5.16. The number of benzene rings is 1. The van der Waals surface area contributed by atoms with E-state index in [0.29, 0.717) is 17.5 Å². The van der Waals surface area contributed by atoms with Gasteiger partial charge in [-0.05, 0) is 62.1 Å². The Morgan fingerprint density at radius 2 is 2.14 bits per heavy atom. The highest BCUT2D eigenvalue weighted by atomic mass is 15.2. The van der Waals surface area contributed by atoms with Gasteiger partial charge in [0.2, 0.25) is 0 Å². The quantitative estimate of drug-likeness (QED) is 0.454. The monoisotopic (exact) mass is 386 g/mol. The van der Waals surface area contributed by atoms with E-state index in [0.717, 1.165) is 30.8 Å². The SMILES string of the molecule is Cc1ccc(C)c(C2CCCN2C(=N)/C=C\c2ncc(-c3cccc(N)n3)[nH]2)c1. The highest BCUT2D eigenvalue weighted by molar-refractivity contribution is 5.94. The number of likely N-dealkylation sites (tertiary alicyclic amines) is 1. The highest BCUT2D eigenvalue weighted by Gasteiger charge is 2.28. The lowest BCUT2D eigenvalue weighted by molar-refractivity contribution is 0.399. The second kappa shape index (κ2) is 7.91. The molecule has 0 aliphatic carbocycles. The lowest BCUT2D eigenvalue weighted by Gasteiger charge is -2.27. The highest BCUT2D eigenvalue weighted by Crippen LogP contribution is 2.34. The van der Waals surface area contributed by atoms with E-state index in [2.05, 4.69) is 51.9 Å². The molecule has 1 aromatic carbocycles. The molecule has 1 fully saturated rings. The molecule has 1 atom stereocenters. The van der Waals surface area contributed by atoms with Crippen molar-refractivity contribution in [2.75, 3.05) is 12.3 Å². The number of amidine groups is 1. The molecule has 29 heavy (non-hydrogen) atoms. The van der Waals surface area contributed by atoms with Crippen LogP contribution in [-0.4, -0.2) is 32.2 Å². The molecule has 0 saturated carbocycles. The molecule has 1 aliphatic heterocycles. The van der Waals surface area contributed by atoms with Gasteiger partial charge in [0.25, 0.3) is 0 Å². The number of aromatic nitrogens is 3. The molecule has 6 nitrogen and oxygen atoms in total. The van der Waals surface area contributed by atoms with Gasteiger partial charge in [0.1, 0.15) is 17.5 Å². The third-order valence-corrected chi connectivity index (χ3v) is 5.40. The summed E-state index contributed by atoms with van der Waals surface area (Å²) in [6.45, 7) is 5.18. The number of aromatic amines is 1. The average Bonchev–Trinajstić information content (AvgIpc) is 3.38. The molecule has 0 radical (unpaired) electrons. The molecule has 1 aliphatic rings. The molecule has 4 N–H and O–H groups in total. The molecule has 6 heteroatoms. The van der Waals surface area contributed by atoms with Crippen molar-refractivity contribution in [2.45, 2.75) is 32.7 Å². The number of aryl methyl sites for hydroxylation is 2. The van der Waals surface area contributed by atoms with E-state index in [1.54, 1.807) is 12.3 Å². The number of nitrogen functional groups attached to an aromatic ring is 1. The van der Waals surface area contributed by atoms with Crippen LogP contribution in [0.1, 0.15) is 41.4 Å². The normalized spacial score (nSPS) is 16.6. The summed E-state index contributed by atoms with van der Waals surface area (Å²) in [5.41, 5.74) is 11.2. The summed E-state index contributed by atoms with van der Waals surface area (Å²) >= 11 is 0. The van der Waals surface area contributed by atoms with E-state index >= 15 is 0 Å². The molecule has 2 aromatic heterocycles. The predicted molar refractivity (Wildman–Crippen MR) is 118 cm³/mol. The minimum atomic E-state index is 0.260. The van der Waals surface area contributed by atoms with Crippen LogP contribution in [0.25, 0.3) is 17.5 Å². The topological polar surface area (TPSA) is 94.7 Å². The summed E-state index contributed by atoms with van der Waals surface area (Å²) in [6.07, 6.45) is 7.57. The van der Waals surface area contributed by atoms with Gasteiger partial charge in [-0.3, -0.25) is 5.41 Å².